The Balaban J connectivity index is 1.64. The van der Waals surface area contributed by atoms with Gasteiger partial charge in [0.05, 0.1) is 23.2 Å². The number of carbonyl (C=O) groups is 1. The molecule has 32 heavy (non-hydrogen) atoms. The molecule has 3 heterocycles. The summed E-state index contributed by atoms with van der Waals surface area (Å²) in [6.45, 7) is 2.32. The first kappa shape index (κ1) is 20.6. The van der Waals surface area contributed by atoms with E-state index in [1.165, 1.54) is 12.1 Å². The second kappa shape index (κ2) is 7.09. The number of aliphatic hydroxyl groups excluding tert-OH is 1. The molecule has 1 amide bonds. The van der Waals surface area contributed by atoms with Crippen LogP contribution in [-0.4, -0.2) is 49.0 Å². The van der Waals surface area contributed by atoms with Crippen LogP contribution < -0.4 is 0 Å². The molecule has 5 rings (SSSR count). The van der Waals surface area contributed by atoms with E-state index in [2.05, 4.69) is 5.10 Å². The van der Waals surface area contributed by atoms with Crippen LogP contribution >= 0.6 is 0 Å². The monoisotopic (exact) mass is 442 g/mol. The molecule has 0 spiro atoms. The van der Waals surface area contributed by atoms with Crippen molar-refractivity contribution >= 4 is 27.8 Å². The van der Waals surface area contributed by atoms with Gasteiger partial charge < -0.3 is 10.0 Å². The molecule has 2 aromatic heterocycles. The molecule has 1 aliphatic rings. The van der Waals surface area contributed by atoms with Crippen LogP contribution in [0.15, 0.2) is 48.7 Å². The molecule has 1 aliphatic heterocycles. The highest BCUT2D eigenvalue weighted by Crippen LogP contribution is 2.34. The number of nitrogens with zero attached hydrogens (tertiary/aromatic N) is 4. The average Bonchev–Trinajstić information content (AvgIpc) is 3.38. The predicted molar refractivity (Wildman–Crippen MR) is 114 cm³/mol. The van der Waals surface area contributed by atoms with E-state index in [9.17, 15) is 23.1 Å². The molecule has 166 valence electrons. The zero-order valence-corrected chi connectivity index (χ0v) is 17.5. The zero-order chi connectivity index (χ0) is 22.8. The molecule has 2 aromatic carbocycles. The van der Waals surface area contributed by atoms with Crippen molar-refractivity contribution in [2.24, 2.45) is 7.05 Å². The largest absolute Gasteiger partial charge is 0.416 e. The number of carbonyl (C=O) groups excluding carboxylic acids is 1. The molecule has 1 fully saturated rings. The van der Waals surface area contributed by atoms with E-state index in [0.717, 1.165) is 28.4 Å². The number of fused-ring (bicyclic) bond motifs is 3. The third-order valence-electron chi connectivity index (χ3n) is 6.22. The first-order valence-corrected chi connectivity index (χ1v) is 10.3. The number of hydrogen-bond acceptors (Lipinski definition) is 3. The fourth-order valence-electron chi connectivity index (χ4n) is 4.46. The minimum Gasteiger partial charge on any atom is -0.391 e. The summed E-state index contributed by atoms with van der Waals surface area (Å²) < 4.78 is 42.4. The van der Waals surface area contributed by atoms with E-state index in [0.29, 0.717) is 29.9 Å². The number of benzene rings is 2. The Morgan fingerprint density at radius 1 is 1.12 bits per heavy atom. The standard InChI is InChI=1S/C23H21F3N4O2/c1-13-20(31)9-10-29(13)22(32)14-3-8-19-17(11-14)18-12-28(2)27-21(18)30(19)16-6-4-15(5-7-16)23(24,25)26/h3-8,11-13,20,31H,9-10H2,1-2H3/t13-,20+/m1/s1. The molecule has 6 nitrogen and oxygen atoms in total. The van der Waals surface area contributed by atoms with Gasteiger partial charge in [0.1, 0.15) is 0 Å². The van der Waals surface area contributed by atoms with Crippen molar-refractivity contribution in [3.8, 4) is 5.69 Å². The second-order valence-electron chi connectivity index (χ2n) is 8.25. The van der Waals surface area contributed by atoms with Gasteiger partial charge in [0.2, 0.25) is 0 Å². The Hall–Kier alpha value is -3.33. The van der Waals surface area contributed by atoms with E-state index in [1.807, 2.05) is 13.1 Å². The fourth-order valence-corrected chi connectivity index (χ4v) is 4.46. The maximum atomic E-state index is 13.1. The van der Waals surface area contributed by atoms with Crippen molar-refractivity contribution < 1.29 is 23.1 Å². The van der Waals surface area contributed by atoms with Crippen LogP contribution in [0.3, 0.4) is 0 Å². The summed E-state index contributed by atoms with van der Waals surface area (Å²) in [5.74, 6) is -0.157. The maximum absolute atomic E-state index is 13.1. The lowest BCUT2D eigenvalue weighted by Crippen LogP contribution is -2.37. The number of aryl methyl sites for hydroxylation is 1. The van der Waals surface area contributed by atoms with Crippen LogP contribution in [0.5, 0.6) is 0 Å². The summed E-state index contributed by atoms with van der Waals surface area (Å²) in [7, 11) is 1.77. The van der Waals surface area contributed by atoms with E-state index in [4.69, 9.17) is 0 Å². The van der Waals surface area contributed by atoms with Gasteiger partial charge in [-0.1, -0.05) is 0 Å². The molecule has 0 saturated carbocycles. The Bertz CT molecular complexity index is 1340. The van der Waals surface area contributed by atoms with Crippen molar-refractivity contribution in [1.82, 2.24) is 19.2 Å². The minimum atomic E-state index is -4.41. The molecule has 4 aromatic rings. The van der Waals surface area contributed by atoms with Crippen molar-refractivity contribution in [2.45, 2.75) is 31.7 Å². The van der Waals surface area contributed by atoms with Crippen LogP contribution in [0.4, 0.5) is 13.2 Å². The van der Waals surface area contributed by atoms with Crippen LogP contribution in [0.25, 0.3) is 27.6 Å². The summed E-state index contributed by atoms with van der Waals surface area (Å²) >= 11 is 0. The smallest absolute Gasteiger partial charge is 0.391 e. The molecule has 0 bridgehead atoms. The average molecular weight is 442 g/mol. The number of amides is 1. The summed E-state index contributed by atoms with van der Waals surface area (Å²) in [5, 5.41) is 16.1. The number of alkyl halides is 3. The maximum Gasteiger partial charge on any atom is 0.416 e. The van der Waals surface area contributed by atoms with Crippen LogP contribution in [0, 0.1) is 0 Å². The summed E-state index contributed by atoms with van der Waals surface area (Å²) in [6.07, 6.45) is -2.57. The number of aliphatic hydroxyl groups is 1. The van der Waals surface area contributed by atoms with Crippen molar-refractivity contribution in [3.63, 3.8) is 0 Å². The van der Waals surface area contributed by atoms with E-state index < -0.39 is 17.8 Å². The number of hydrogen-bond donors (Lipinski definition) is 1. The second-order valence-corrected chi connectivity index (χ2v) is 8.25. The summed E-state index contributed by atoms with van der Waals surface area (Å²) in [4.78, 5) is 14.7. The molecule has 2 atom stereocenters. The zero-order valence-electron chi connectivity index (χ0n) is 17.5. The lowest BCUT2D eigenvalue weighted by atomic mass is 10.1. The SMILES string of the molecule is C[C@@H]1[C@@H](O)CCN1C(=O)c1ccc2c(c1)c1cn(C)nc1n2-c1ccc(C(F)(F)F)cc1. The van der Waals surface area contributed by atoms with Crippen LogP contribution in [-0.2, 0) is 13.2 Å². The number of likely N-dealkylation sites (tertiary alicyclic amines) is 1. The Morgan fingerprint density at radius 3 is 2.47 bits per heavy atom. The van der Waals surface area contributed by atoms with Gasteiger partial charge in [-0.3, -0.25) is 14.0 Å². The van der Waals surface area contributed by atoms with Crippen LogP contribution in [0.2, 0.25) is 0 Å². The van der Waals surface area contributed by atoms with Gasteiger partial charge in [0.25, 0.3) is 5.91 Å². The molecular formula is C23H21F3N4O2. The highest BCUT2D eigenvalue weighted by Gasteiger charge is 2.33. The Kier molecular flexibility index (Phi) is 4.56. The van der Waals surface area contributed by atoms with Crippen LogP contribution in [0.1, 0.15) is 29.3 Å². The van der Waals surface area contributed by atoms with E-state index >= 15 is 0 Å². The van der Waals surface area contributed by atoms with Crippen molar-refractivity contribution in [1.29, 1.82) is 0 Å². The molecule has 0 unspecified atom stereocenters. The highest BCUT2D eigenvalue weighted by molar-refractivity contribution is 6.10. The third kappa shape index (κ3) is 3.15. The van der Waals surface area contributed by atoms with Crippen molar-refractivity contribution in [3.05, 3.63) is 59.8 Å². The predicted octanol–water partition coefficient (Wildman–Crippen LogP) is 4.13. The molecule has 1 N–H and O–H groups in total. The molecule has 0 radical (unpaired) electrons. The number of aromatic nitrogens is 3. The fraction of sp³-hybridized carbons (Fsp3) is 0.304. The van der Waals surface area contributed by atoms with Gasteiger partial charge in [-0.15, -0.1) is 0 Å². The van der Waals surface area contributed by atoms with E-state index in [1.54, 1.807) is 39.4 Å². The highest BCUT2D eigenvalue weighted by atomic mass is 19.4. The molecule has 1 saturated heterocycles. The number of rotatable bonds is 2. The lowest BCUT2D eigenvalue weighted by Gasteiger charge is -2.22. The quantitative estimate of drug-likeness (QED) is 0.508. The summed E-state index contributed by atoms with van der Waals surface area (Å²) in [5.41, 5.74) is 1.66. The van der Waals surface area contributed by atoms with Gasteiger partial charge >= 0.3 is 6.18 Å². The molecule has 9 heteroatoms. The molecular weight excluding hydrogens is 421 g/mol. The lowest BCUT2D eigenvalue weighted by molar-refractivity contribution is -0.137. The molecule has 0 aliphatic carbocycles. The topological polar surface area (TPSA) is 63.3 Å². The first-order valence-electron chi connectivity index (χ1n) is 10.3. The van der Waals surface area contributed by atoms with Gasteiger partial charge in [0, 0.05) is 41.8 Å². The first-order chi connectivity index (χ1) is 15.1. The Labute approximate surface area is 181 Å². The van der Waals surface area contributed by atoms with Gasteiger partial charge in [-0.05, 0) is 55.8 Å². The summed E-state index contributed by atoms with van der Waals surface area (Å²) in [6, 6.07) is 9.97. The van der Waals surface area contributed by atoms with Gasteiger partial charge in [-0.25, -0.2) is 0 Å². The van der Waals surface area contributed by atoms with E-state index in [-0.39, 0.29) is 11.9 Å². The number of halogens is 3. The van der Waals surface area contributed by atoms with Gasteiger partial charge in [0.15, 0.2) is 5.65 Å². The van der Waals surface area contributed by atoms with Gasteiger partial charge in [-0.2, -0.15) is 18.3 Å². The minimum absolute atomic E-state index is 0.157. The normalized spacial score (nSPS) is 19.4. The third-order valence-corrected chi connectivity index (χ3v) is 6.22. The van der Waals surface area contributed by atoms with Crippen molar-refractivity contribution in [2.75, 3.05) is 6.54 Å². The Morgan fingerprint density at radius 2 is 1.84 bits per heavy atom.